The van der Waals surface area contributed by atoms with Crippen LogP contribution in [0.4, 0.5) is 0 Å². The average Bonchev–Trinajstić information content (AvgIpc) is 3.14. The zero-order valence-corrected chi connectivity index (χ0v) is 14.9. The molecule has 0 atom stereocenters. The molecule has 2 rings (SSSR count). The van der Waals surface area contributed by atoms with Gasteiger partial charge in [0.2, 0.25) is 11.8 Å². The molecule has 8 nitrogen and oxygen atoms in total. The van der Waals surface area contributed by atoms with Crippen LogP contribution in [0.2, 0.25) is 0 Å². The van der Waals surface area contributed by atoms with E-state index in [1.165, 1.54) is 11.2 Å². The van der Waals surface area contributed by atoms with E-state index in [0.717, 1.165) is 6.42 Å². The van der Waals surface area contributed by atoms with Crippen LogP contribution in [0.25, 0.3) is 0 Å². The first-order chi connectivity index (χ1) is 12.0. The number of nitrogens with one attached hydrogen (secondary N) is 1. The third kappa shape index (κ3) is 5.60. The van der Waals surface area contributed by atoms with Gasteiger partial charge in [0.15, 0.2) is 5.76 Å². The molecule has 0 bridgehead atoms. The van der Waals surface area contributed by atoms with Crippen molar-refractivity contribution in [3.05, 3.63) is 24.2 Å². The molecule has 0 aliphatic carbocycles. The van der Waals surface area contributed by atoms with Gasteiger partial charge in [-0.15, -0.1) is 0 Å². The highest BCUT2D eigenvalue weighted by Crippen LogP contribution is 2.09. The second kappa shape index (κ2) is 9.22. The van der Waals surface area contributed by atoms with Crippen LogP contribution in [-0.2, 0) is 9.59 Å². The van der Waals surface area contributed by atoms with Gasteiger partial charge in [-0.05, 0) is 18.6 Å². The topological polar surface area (TPSA) is 86.1 Å². The number of nitrogens with zero attached hydrogens (tertiary/aromatic N) is 3. The molecule has 0 unspecified atom stereocenters. The minimum atomic E-state index is -0.147. The van der Waals surface area contributed by atoms with Crippen LogP contribution >= 0.6 is 0 Å². The lowest BCUT2D eigenvalue weighted by Crippen LogP contribution is -2.51. The Hall–Kier alpha value is -2.35. The number of carbonyl (C=O) groups is 3. The molecule has 1 saturated heterocycles. The van der Waals surface area contributed by atoms with E-state index in [-0.39, 0.29) is 30.8 Å². The van der Waals surface area contributed by atoms with E-state index < -0.39 is 0 Å². The smallest absolute Gasteiger partial charge is 0.289 e. The second-order valence-electron chi connectivity index (χ2n) is 6.15. The van der Waals surface area contributed by atoms with Crippen LogP contribution in [-0.4, -0.2) is 85.3 Å². The number of rotatable bonds is 7. The van der Waals surface area contributed by atoms with Crippen molar-refractivity contribution in [2.45, 2.75) is 13.3 Å². The second-order valence-corrected chi connectivity index (χ2v) is 6.15. The van der Waals surface area contributed by atoms with Crippen molar-refractivity contribution in [3.8, 4) is 0 Å². The van der Waals surface area contributed by atoms with Crippen molar-refractivity contribution in [2.24, 2.45) is 0 Å². The minimum Gasteiger partial charge on any atom is -0.459 e. The summed E-state index contributed by atoms with van der Waals surface area (Å²) >= 11 is 0. The third-order valence-corrected chi connectivity index (χ3v) is 4.13. The Balaban J connectivity index is 1.73. The fourth-order valence-corrected chi connectivity index (χ4v) is 2.60. The molecule has 2 heterocycles. The summed E-state index contributed by atoms with van der Waals surface area (Å²) in [4.78, 5) is 41.3. The monoisotopic (exact) mass is 350 g/mol. The van der Waals surface area contributed by atoms with Gasteiger partial charge in [0.05, 0.1) is 19.4 Å². The van der Waals surface area contributed by atoms with Gasteiger partial charge in [0, 0.05) is 39.8 Å². The number of amides is 3. The number of piperazine rings is 1. The molecule has 1 N–H and O–H groups in total. The molecule has 138 valence electrons. The molecule has 1 aliphatic rings. The fourth-order valence-electron chi connectivity index (χ4n) is 2.60. The Labute approximate surface area is 147 Å². The summed E-state index contributed by atoms with van der Waals surface area (Å²) < 4.78 is 5.13. The first-order valence-electron chi connectivity index (χ1n) is 8.57. The quantitative estimate of drug-likeness (QED) is 0.749. The van der Waals surface area contributed by atoms with Gasteiger partial charge in [0.1, 0.15) is 0 Å². The molecule has 1 aromatic heterocycles. The maximum Gasteiger partial charge on any atom is 0.289 e. The summed E-state index contributed by atoms with van der Waals surface area (Å²) in [5.74, 6) is -0.0351. The molecule has 1 fully saturated rings. The molecular weight excluding hydrogens is 324 g/mol. The molecule has 0 saturated carbocycles. The zero-order chi connectivity index (χ0) is 18.2. The van der Waals surface area contributed by atoms with Crippen molar-refractivity contribution < 1.29 is 18.8 Å². The van der Waals surface area contributed by atoms with E-state index in [1.54, 1.807) is 24.1 Å². The normalized spacial score (nSPS) is 15.0. The van der Waals surface area contributed by atoms with Crippen molar-refractivity contribution in [1.82, 2.24) is 20.0 Å². The summed E-state index contributed by atoms with van der Waals surface area (Å²) in [5.41, 5.74) is 0. The molecule has 0 spiro atoms. The first-order valence-corrected chi connectivity index (χ1v) is 8.57. The maximum atomic E-state index is 12.2. The number of carbonyl (C=O) groups excluding carboxylic acids is 3. The van der Waals surface area contributed by atoms with Gasteiger partial charge in [-0.1, -0.05) is 6.92 Å². The molecule has 25 heavy (non-hydrogen) atoms. The van der Waals surface area contributed by atoms with E-state index >= 15 is 0 Å². The Morgan fingerprint density at radius 3 is 2.56 bits per heavy atom. The summed E-state index contributed by atoms with van der Waals surface area (Å²) in [6.45, 7) is 5.25. The van der Waals surface area contributed by atoms with Crippen LogP contribution in [0, 0.1) is 0 Å². The Morgan fingerprint density at radius 2 is 1.96 bits per heavy atom. The van der Waals surface area contributed by atoms with Gasteiger partial charge in [-0.25, -0.2) is 0 Å². The van der Waals surface area contributed by atoms with Crippen molar-refractivity contribution in [2.75, 3.05) is 52.9 Å². The van der Waals surface area contributed by atoms with E-state index in [0.29, 0.717) is 38.5 Å². The molecule has 0 radical (unpaired) electrons. The van der Waals surface area contributed by atoms with Crippen LogP contribution < -0.4 is 5.32 Å². The highest BCUT2D eigenvalue weighted by Gasteiger charge is 2.25. The highest BCUT2D eigenvalue weighted by molar-refractivity contribution is 5.91. The summed E-state index contributed by atoms with van der Waals surface area (Å²) in [6.07, 6.45) is 2.35. The first kappa shape index (κ1) is 19.0. The SMILES string of the molecule is CCCNC(=O)CN(C)C(=O)CN1CCN(C(=O)c2ccco2)CC1. The Kier molecular flexibility index (Phi) is 7.00. The maximum absolute atomic E-state index is 12.2. The molecule has 8 heteroatoms. The lowest BCUT2D eigenvalue weighted by molar-refractivity contribution is -0.135. The number of likely N-dealkylation sites (N-methyl/N-ethyl adjacent to an activating group) is 1. The minimum absolute atomic E-state index is 0.0653. The van der Waals surface area contributed by atoms with Crippen LogP contribution in [0.1, 0.15) is 23.9 Å². The number of hydrogen-bond acceptors (Lipinski definition) is 5. The average molecular weight is 350 g/mol. The van der Waals surface area contributed by atoms with Gasteiger partial charge in [-0.3, -0.25) is 19.3 Å². The largest absolute Gasteiger partial charge is 0.459 e. The molecule has 1 aromatic rings. The van der Waals surface area contributed by atoms with E-state index in [4.69, 9.17) is 4.42 Å². The highest BCUT2D eigenvalue weighted by atomic mass is 16.3. The summed E-state index contributed by atoms with van der Waals surface area (Å²) in [6, 6.07) is 3.34. The number of furan rings is 1. The Morgan fingerprint density at radius 1 is 1.24 bits per heavy atom. The molecular formula is C17H26N4O4. The summed E-state index contributed by atoms with van der Waals surface area (Å²) in [7, 11) is 1.63. The van der Waals surface area contributed by atoms with Gasteiger partial charge in [0.25, 0.3) is 5.91 Å². The lowest BCUT2D eigenvalue weighted by Gasteiger charge is -2.34. The van der Waals surface area contributed by atoms with Crippen molar-refractivity contribution >= 4 is 17.7 Å². The zero-order valence-electron chi connectivity index (χ0n) is 14.9. The van der Waals surface area contributed by atoms with Gasteiger partial charge < -0.3 is 19.5 Å². The Bertz CT molecular complexity index is 579. The van der Waals surface area contributed by atoms with Gasteiger partial charge >= 0.3 is 0 Å². The van der Waals surface area contributed by atoms with E-state index in [9.17, 15) is 14.4 Å². The fraction of sp³-hybridized carbons (Fsp3) is 0.588. The molecule has 0 aromatic carbocycles. The molecule has 3 amide bonds. The predicted octanol–water partition coefficient (Wildman–Crippen LogP) is 0.0220. The van der Waals surface area contributed by atoms with Gasteiger partial charge in [-0.2, -0.15) is 0 Å². The van der Waals surface area contributed by atoms with Crippen LogP contribution in [0.15, 0.2) is 22.8 Å². The number of hydrogen-bond donors (Lipinski definition) is 1. The van der Waals surface area contributed by atoms with E-state index in [2.05, 4.69) is 5.32 Å². The van der Waals surface area contributed by atoms with Crippen LogP contribution in [0.5, 0.6) is 0 Å². The predicted molar refractivity (Wildman–Crippen MR) is 92.0 cm³/mol. The third-order valence-electron chi connectivity index (χ3n) is 4.13. The van der Waals surface area contributed by atoms with Crippen molar-refractivity contribution in [3.63, 3.8) is 0 Å². The van der Waals surface area contributed by atoms with Crippen LogP contribution in [0.3, 0.4) is 0 Å². The summed E-state index contributed by atoms with van der Waals surface area (Å²) in [5, 5.41) is 2.75. The lowest BCUT2D eigenvalue weighted by atomic mass is 10.2. The van der Waals surface area contributed by atoms with E-state index in [1.807, 2.05) is 11.8 Å². The van der Waals surface area contributed by atoms with Crippen molar-refractivity contribution in [1.29, 1.82) is 0 Å². The molecule has 1 aliphatic heterocycles. The standard InChI is InChI=1S/C17H26N4O4/c1-3-6-18-15(22)12-19(2)16(23)13-20-7-9-21(10-8-20)17(24)14-5-4-11-25-14/h4-5,11H,3,6-10,12-13H2,1-2H3,(H,18,22).